The number of unbranched alkanes of at least 4 members (excludes halogenated alkanes) is 2. The maximum atomic E-state index is 11.9. The Kier molecular flexibility index (Phi) is 18.0. The third-order valence-electron chi connectivity index (χ3n) is 7.76. The third kappa shape index (κ3) is 11.8. The van der Waals surface area contributed by atoms with E-state index in [2.05, 4.69) is 13.8 Å². The van der Waals surface area contributed by atoms with Gasteiger partial charge in [-0.15, -0.1) is 0 Å². The van der Waals surface area contributed by atoms with Crippen LogP contribution in [0.15, 0.2) is 12.1 Å². The maximum absolute atomic E-state index is 11.9. The van der Waals surface area contributed by atoms with Crippen LogP contribution in [-0.4, -0.2) is 63.6 Å². The molecule has 0 aliphatic heterocycles. The van der Waals surface area contributed by atoms with Gasteiger partial charge < -0.3 is 35.0 Å². The summed E-state index contributed by atoms with van der Waals surface area (Å²) < 4.78 is 9.81. The molecule has 0 fully saturated rings. The zero-order valence-electron chi connectivity index (χ0n) is 25.9. The molecule has 0 bridgehead atoms. The molecule has 1 aromatic rings. The van der Waals surface area contributed by atoms with Crippen molar-refractivity contribution >= 4 is 23.9 Å². The lowest BCUT2D eigenvalue weighted by molar-refractivity contribution is -0.168. The SMILES string of the molecule is CCCCC(CC)CC(CC(CC)CCCC)(C(=O)O)C(=O)O.COc1cc(CC(C(=O)O)C(=O)O)cc(OC)c1O. The van der Waals surface area contributed by atoms with Crippen LogP contribution in [0.2, 0.25) is 0 Å². The van der Waals surface area contributed by atoms with Gasteiger partial charge in [-0.2, -0.15) is 0 Å². The Labute approximate surface area is 248 Å². The zero-order valence-corrected chi connectivity index (χ0v) is 25.9. The number of aliphatic carboxylic acids is 4. The predicted molar refractivity (Wildman–Crippen MR) is 157 cm³/mol. The van der Waals surface area contributed by atoms with E-state index >= 15 is 0 Å². The van der Waals surface area contributed by atoms with Crippen molar-refractivity contribution in [3.05, 3.63) is 17.7 Å². The van der Waals surface area contributed by atoms with Gasteiger partial charge in [0.05, 0.1) is 14.2 Å². The molecule has 0 radical (unpaired) electrons. The number of carbonyl (C=O) groups is 4. The van der Waals surface area contributed by atoms with Gasteiger partial charge in [-0.3, -0.25) is 19.2 Å². The van der Waals surface area contributed by atoms with Gasteiger partial charge in [0, 0.05) is 0 Å². The van der Waals surface area contributed by atoms with Crippen LogP contribution in [0.5, 0.6) is 17.2 Å². The molecule has 0 heterocycles. The minimum absolute atomic E-state index is 0.0869. The number of ether oxygens (including phenoxy) is 2. The molecule has 5 N–H and O–H groups in total. The standard InChI is InChI=1S/C19H36O4.C12H14O7/c1-5-9-11-15(7-3)13-19(17(20)21,18(22)23)14-16(8-4)12-10-6-2;1-18-8-4-6(5-9(19-2)10(8)13)3-7(11(14)15)12(16)17/h15-16H,5-14H2,1-4H3,(H,20,21)(H,22,23);4-5,7,13H,3H2,1-2H3,(H,14,15)(H,16,17). The Morgan fingerprint density at radius 2 is 1.12 bits per heavy atom. The van der Waals surface area contributed by atoms with E-state index in [1.807, 2.05) is 13.8 Å². The van der Waals surface area contributed by atoms with E-state index in [4.69, 9.17) is 19.7 Å². The van der Waals surface area contributed by atoms with Gasteiger partial charge in [0.2, 0.25) is 5.75 Å². The Morgan fingerprint density at radius 3 is 1.38 bits per heavy atom. The lowest BCUT2D eigenvalue weighted by Crippen LogP contribution is -2.42. The summed E-state index contributed by atoms with van der Waals surface area (Å²) in [6.07, 6.45) is 7.96. The van der Waals surface area contributed by atoms with Gasteiger partial charge in [-0.05, 0) is 48.8 Å². The van der Waals surface area contributed by atoms with Crippen molar-refractivity contribution in [2.75, 3.05) is 14.2 Å². The monoisotopic (exact) mass is 598 g/mol. The molecule has 11 nitrogen and oxygen atoms in total. The average Bonchev–Trinajstić information content (AvgIpc) is 2.95. The van der Waals surface area contributed by atoms with Crippen LogP contribution in [-0.2, 0) is 25.6 Å². The van der Waals surface area contributed by atoms with Crippen LogP contribution in [0.4, 0.5) is 0 Å². The van der Waals surface area contributed by atoms with E-state index in [0.717, 1.165) is 51.4 Å². The molecule has 0 aliphatic rings. The summed E-state index contributed by atoms with van der Waals surface area (Å²) in [6, 6.07) is 2.74. The van der Waals surface area contributed by atoms with Crippen LogP contribution in [0, 0.1) is 23.2 Å². The highest BCUT2D eigenvalue weighted by molar-refractivity contribution is 5.98. The number of hydrogen-bond donors (Lipinski definition) is 5. The van der Waals surface area contributed by atoms with E-state index in [-0.39, 0.29) is 48.3 Å². The predicted octanol–water partition coefficient (Wildman–Crippen LogP) is 6.09. The topological polar surface area (TPSA) is 188 Å². The minimum Gasteiger partial charge on any atom is -0.502 e. The van der Waals surface area contributed by atoms with Crippen LogP contribution in [0.3, 0.4) is 0 Å². The fourth-order valence-electron chi connectivity index (χ4n) is 4.98. The van der Waals surface area contributed by atoms with Crippen molar-refractivity contribution in [1.29, 1.82) is 0 Å². The summed E-state index contributed by atoms with van der Waals surface area (Å²) in [5.41, 5.74) is -1.25. The first-order chi connectivity index (χ1) is 19.8. The molecule has 11 heteroatoms. The van der Waals surface area contributed by atoms with E-state index in [1.165, 1.54) is 26.4 Å². The highest BCUT2D eigenvalue weighted by Crippen LogP contribution is 2.40. The van der Waals surface area contributed by atoms with Crippen molar-refractivity contribution in [1.82, 2.24) is 0 Å². The number of phenolic OH excluding ortho intramolecular Hbond substituents is 1. The normalized spacial score (nSPS) is 12.5. The molecule has 2 unspecified atom stereocenters. The number of hydrogen-bond acceptors (Lipinski definition) is 7. The number of benzene rings is 1. The van der Waals surface area contributed by atoms with E-state index in [9.17, 15) is 34.5 Å². The second-order valence-corrected chi connectivity index (χ2v) is 10.7. The minimum atomic E-state index is -1.62. The van der Waals surface area contributed by atoms with Gasteiger partial charge in [0.25, 0.3) is 0 Å². The molecule has 240 valence electrons. The Balaban J connectivity index is 0.000000813. The number of methoxy groups -OCH3 is 2. The third-order valence-corrected chi connectivity index (χ3v) is 7.76. The molecule has 0 amide bonds. The van der Waals surface area contributed by atoms with E-state index in [1.54, 1.807) is 0 Å². The van der Waals surface area contributed by atoms with Crippen LogP contribution < -0.4 is 9.47 Å². The second kappa shape index (κ2) is 19.6. The van der Waals surface area contributed by atoms with Crippen molar-refractivity contribution in [2.24, 2.45) is 23.2 Å². The Morgan fingerprint density at radius 1 is 0.738 bits per heavy atom. The smallest absolute Gasteiger partial charge is 0.321 e. The summed E-state index contributed by atoms with van der Waals surface area (Å²) in [6.45, 7) is 8.27. The van der Waals surface area contributed by atoms with Crippen LogP contribution >= 0.6 is 0 Å². The summed E-state index contributed by atoms with van der Waals surface area (Å²) in [7, 11) is 2.65. The zero-order chi connectivity index (χ0) is 32.5. The van der Waals surface area contributed by atoms with E-state index in [0.29, 0.717) is 5.56 Å². The summed E-state index contributed by atoms with van der Waals surface area (Å²) in [4.78, 5) is 45.5. The summed E-state index contributed by atoms with van der Waals surface area (Å²) >= 11 is 0. The number of carboxylic acids is 4. The molecule has 2 atom stereocenters. The first kappa shape index (κ1) is 38.5. The molecule has 42 heavy (non-hydrogen) atoms. The van der Waals surface area contributed by atoms with Crippen molar-refractivity contribution in [3.8, 4) is 17.2 Å². The molecular formula is C31H50O11. The maximum Gasteiger partial charge on any atom is 0.321 e. The van der Waals surface area contributed by atoms with Crippen molar-refractivity contribution < 1.29 is 54.2 Å². The van der Waals surface area contributed by atoms with Gasteiger partial charge >= 0.3 is 23.9 Å². The largest absolute Gasteiger partial charge is 0.502 e. The van der Waals surface area contributed by atoms with Crippen molar-refractivity contribution in [2.45, 2.75) is 98.3 Å². The molecule has 0 spiro atoms. The Hall–Kier alpha value is -3.50. The van der Waals surface area contributed by atoms with Crippen LogP contribution in [0.25, 0.3) is 0 Å². The lowest BCUT2D eigenvalue weighted by Gasteiger charge is -2.32. The molecule has 0 saturated heterocycles. The molecule has 0 aliphatic carbocycles. The quantitative estimate of drug-likeness (QED) is 0.109. The summed E-state index contributed by atoms with van der Waals surface area (Å²) in [5, 5.41) is 46.8. The van der Waals surface area contributed by atoms with Crippen molar-refractivity contribution in [3.63, 3.8) is 0 Å². The Bertz CT molecular complexity index is 932. The van der Waals surface area contributed by atoms with Gasteiger partial charge in [0.1, 0.15) is 0 Å². The van der Waals surface area contributed by atoms with Gasteiger partial charge in [-0.1, -0.05) is 79.1 Å². The fourth-order valence-corrected chi connectivity index (χ4v) is 4.98. The average molecular weight is 599 g/mol. The molecular weight excluding hydrogens is 548 g/mol. The highest BCUT2D eigenvalue weighted by Gasteiger charge is 2.48. The highest BCUT2D eigenvalue weighted by atomic mass is 16.5. The summed E-state index contributed by atoms with van der Waals surface area (Å²) in [5.74, 6) is -6.46. The van der Waals surface area contributed by atoms with Gasteiger partial charge in [0.15, 0.2) is 22.8 Å². The van der Waals surface area contributed by atoms with E-state index < -0.39 is 35.2 Å². The van der Waals surface area contributed by atoms with Crippen LogP contribution in [0.1, 0.15) is 97.5 Å². The second-order valence-electron chi connectivity index (χ2n) is 10.7. The number of rotatable bonds is 20. The molecule has 1 rings (SSSR count). The number of aromatic hydroxyl groups is 1. The number of carboxylic acid groups (broad SMARTS) is 4. The van der Waals surface area contributed by atoms with Gasteiger partial charge in [-0.25, -0.2) is 0 Å². The number of phenols is 1. The molecule has 0 aromatic heterocycles. The first-order valence-corrected chi connectivity index (χ1v) is 14.6. The molecule has 1 aromatic carbocycles. The molecule has 0 saturated carbocycles. The lowest BCUT2D eigenvalue weighted by atomic mass is 9.70. The fraction of sp³-hybridized carbons (Fsp3) is 0.677. The first-order valence-electron chi connectivity index (χ1n) is 14.6.